The smallest absolute Gasteiger partial charge is 0.354 e. The Morgan fingerprint density at radius 2 is 2.32 bits per heavy atom. The number of aromatic nitrogens is 2. The highest BCUT2D eigenvalue weighted by molar-refractivity contribution is 5.93. The number of imidazole rings is 1. The molecule has 0 radical (unpaired) electrons. The first-order valence-corrected chi connectivity index (χ1v) is 5.54. The van der Waals surface area contributed by atoms with Crippen molar-refractivity contribution in [3.8, 4) is 17.0 Å². The number of carboxylic acid groups (broad SMARTS) is 1. The number of nitrogen functional groups attached to an aromatic ring is 1. The number of nitrogens with zero attached hydrogens (tertiary/aromatic N) is 1. The van der Waals surface area contributed by atoms with Crippen LogP contribution in [0.3, 0.4) is 0 Å². The van der Waals surface area contributed by atoms with Crippen LogP contribution in [0.25, 0.3) is 11.3 Å². The van der Waals surface area contributed by atoms with E-state index >= 15 is 0 Å². The van der Waals surface area contributed by atoms with Crippen LogP contribution in [0.2, 0.25) is 0 Å². The van der Waals surface area contributed by atoms with Crippen LogP contribution in [0.1, 0.15) is 17.4 Å². The summed E-state index contributed by atoms with van der Waals surface area (Å²) in [5, 5.41) is 9.00. The monoisotopic (exact) mass is 265 g/mol. The van der Waals surface area contributed by atoms with Crippen molar-refractivity contribution in [2.45, 2.75) is 6.92 Å². The molecular weight excluding hydrogens is 253 g/mol. The fourth-order valence-corrected chi connectivity index (χ4v) is 1.68. The molecule has 0 unspecified atom stereocenters. The average Bonchev–Trinajstić information content (AvgIpc) is 2.74. The van der Waals surface area contributed by atoms with Crippen LogP contribution >= 0.6 is 0 Å². The summed E-state index contributed by atoms with van der Waals surface area (Å²) in [6.07, 6.45) is 0. The predicted molar refractivity (Wildman–Crippen MR) is 66.5 cm³/mol. The van der Waals surface area contributed by atoms with Crippen molar-refractivity contribution >= 4 is 11.9 Å². The fourth-order valence-electron chi connectivity index (χ4n) is 1.68. The number of carboxylic acids is 1. The highest BCUT2D eigenvalue weighted by Crippen LogP contribution is 2.27. The van der Waals surface area contributed by atoms with E-state index in [1.54, 1.807) is 6.92 Å². The van der Waals surface area contributed by atoms with Crippen molar-refractivity contribution < 1.29 is 19.0 Å². The van der Waals surface area contributed by atoms with E-state index in [1.807, 2.05) is 0 Å². The summed E-state index contributed by atoms with van der Waals surface area (Å²) in [4.78, 5) is 17.3. The number of hydrogen-bond acceptors (Lipinski definition) is 4. The number of hydrogen-bond donors (Lipinski definition) is 3. The molecule has 0 bridgehead atoms. The molecule has 0 saturated carbocycles. The highest BCUT2D eigenvalue weighted by Gasteiger charge is 2.18. The molecule has 1 aromatic carbocycles. The zero-order valence-corrected chi connectivity index (χ0v) is 10.1. The van der Waals surface area contributed by atoms with Crippen molar-refractivity contribution in [1.82, 2.24) is 9.97 Å². The number of benzene rings is 1. The highest BCUT2D eigenvalue weighted by atomic mass is 19.1. The molecule has 2 rings (SSSR count). The van der Waals surface area contributed by atoms with Gasteiger partial charge in [0.2, 0.25) is 0 Å². The van der Waals surface area contributed by atoms with Gasteiger partial charge in [-0.1, -0.05) is 0 Å². The van der Waals surface area contributed by atoms with E-state index in [4.69, 9.17) is 15.6 Å². The van der Waals surface area contributed by atoms with E-state index in [-0.39, 0.29) is 23.1 Å². The summed E-state index contributed by atoms with van der Waals surface area (Å²) in [5.74, 6) is -1.74. The number of nitrogens with two attached hydrogens (primary N) is 1. The Bertz CT molecular complexity index is 625. The summed E-state index contributed by atoms with van der Waals surface area (Å²) < 4.78 is 18.8. The van der Waals surface area contributed by atoms with Crippen LogP contribution in [0.15, 0.2) is 18.2 Å². The van der Waals surface area contributed by atoms with E-state index in [0.717, 1.165) is 6.07 Å². The Hall–Kier alpha value is -2.57. The Morgan fingerprint density at radius 1 is 1.58 bits per heavy atom. The SMILES string of the molecule is CCOc1ccc(-c2nc(N)[nH]c2C(=O)O)cc1F. The van der Waals surface area contributed by atoms with Crippen LogP contribution in [-0.4, -0.2) is 27.7 Å². The van der Waals surface area contributed by atoms with Gasteiger partial charge in [-0.05, 0) is 25.1 Å². The summed E-state index contributed by atoms with van der Waals surface area (Å²) in [6, 6.07) is 4.11. The molecule has 0 amide bonds. The molecule has 0 aliphatic carbocycles. The lowest BCUT2D eigenvalue weighted by atomic mass is 10.1. The fraction of sp³-hybridized carbons (Fsp3) is 0.167. The van der Waals surface area contributed by atoms with Gasteiger partial charge in [0, 0.05) is 5.56 Å². The molecule has 0 saturated heterocycles. The van der Waals surface area contributed by atoms with Gasteiger partial charge in [-0.15, -0.1) is 0 Å². The van der Waals surface area contributed by atoms with Gasteiger partial charge in [0.15, 0.2) is 23.2 Å². The molecule has 0 fully saturated rings. The molecule has 0 spiro atoms. The van der Waals surface area contributed by atoms with Crippen molar-refractivity contribution in [1.29, 1.82) is 0 Å². The summed E-state index contributed by atoms with van der Waals surface area (Å²) >= 11 is 0. The van der Waals surface area contributed by atoms with Crippen LogP contribution in [0.5, 0.6) is 5.75 Å². The van der Waals surface area contributed by atoms with E-state index in [1.165, 1.54) is 12.1 Å². The predicted octanol–water partition coefficient (Wildman–Crippen LogP) is 1.89. The van der Waals surface area contributed by atoms with Gasteiger partial charge in [0.05, 0.1) is 6.61 Å². The van der Waals surface area contributed by atoms with Crippen molar-refractivity contribution in [3.05, 3.63) is 29.7 Å². The minimum atomic E-state index is -1.21. The first kappa shape index (κ1) is 12.9. The number of carbonyl (C=O) groups is 1. The maximum absolute atomic E-state index is 13.7. The molecular formula is C12H12FN3O3. The Kier molecular flexibility index (Phi) is 3.37. The quantitative estimate of drug-likeness (QED) is 0.783. The first-order valence-electron chi connectivity index (χ1n) is 5.54. The number of aromatic amines is 1. The third kappa shape index (κ3) is 2.49. The molecule has 100 valence electrons. The Labute approximate surface area is 108 Å². The van der Waals surface area contributed by atoms with Crippen molar-refractivity contribution in [2.24, 2.45) is 0 Å². The third-order valence-corrected chi connectivity index (χ3v) is 2.44. The average molecular weight is 265 g/mol. The molecule has 7 heteroatoms. The van der Waals surface area contributed by atoms with Crippen LogP contribution in [0, 0.1) is 5.82 Å². The molecule has 2 aromatic rings. The molecule has 1 heterocycles. The first-order chi connectivity index (χ1) is 9.02. The number of nitrogens with one attached hydrogen (secondary N) is 1. The van der Waals surface area contributed by atoms with Crippen LogP contribution < -0.4 is 10.5 Å². The minimum absolute atomic E-state index is 0.0401. The molecule has 1 aromatic heterocycles. The third-order valence-electron chi connectivity index (χ3n) is 2.44. The van der Waals surface area contributed by atoms with Crippen LogP contribution in [-0.2, 0) is 0 Å². The second-order valence-electron chi connectivity index (χ2n) is 3.73. The van der Waals surface area contributed by atoms with Crippen molar-refractivity contribution in [2.75, 3.05) is 12.3 Å². The van der Waals surface area contributed by atoms with Crippen LogP contribution in [0.4, 0.5) is 10.3 Å². The summed E-state index contributed by atoms with van der Waals surface area (Å²) in [6.45, 7) is 2.08. The Balaban J connectivity index is 2.48. The molecule has 0 atom stereocenters. The van der Waals surface area contributed by atoms with Gasteiger partial charge >= 0.3 is 5.97 Å². The van der Waals surface area contributed by atoms with Gasteiger partial charge in [0.25, 0.3) is 0 Å². The molecule has 0 aliphatic rings. The van der Waals surface area contributed by atoms with E-state index in [9.17, 15) is 9.18 Å². The second-order valence-corrected chi connectivity index (χ2v) is 3.73. The zero-order valence-electron chi connectivity index (χ0n) is 10.1. The normalized spacial score (nSPS) is 10.4. The summed E-state index contributed by atoms with van der Waals surface area (Å²) in [5.41, 5.74) is 5.64. The molecule has 19 heavy (non-hydrogen) atoms. The lowest BCUT2D eigenvalue weighted by molar-refractivity contribution is 0.0692. The van der Waals surface area contributed by atoms with Gasteiger partial charge < -0.3 is 20.6 Å². The Morgan fingerprint density at radius 3 is 2.89 bits per heavy atom. The van der Waals surface area contributed by atoms with Gasteiger partial charge in [-0.3, -0.25) is 0 Å². The van der Waals surface area contributed by atoms with E-state index in [0.29, 0.717) is 12.2 Å². The van der Waals surface area contributed by atoms with Crippen molar-refractivity contribution in [3.63, 3.8) is 0 Å². The lowest BCUT2D eigenvalue weighted by Crippen LogP contribution is -2.00. The van der Waals surface area contributed by atoms with Gasteiger partial charge in [-0.25, -0.2) is 14.2 Å². The molecule has 6 nitrogen and oxygen atoms in total. The largest absolute Gasteiger partial charge is 0.491 e. The van der Waals surface area contributed by atoms with Gasteiger partial charge in [-0.2, -0.15) is 0 Å². The van der Waals surface area contributed by atoms with E-state index < -0.39 is 11.8 Å². The standard InChI is InChI=1S/C12H12FN3O3/c1-2-19-8-4-3-6(5-7(8)13)9-10(11(17)18)16-12(14)15-9/h3-5H,2H2,1H3,(H,17,18)(H3,14,15,16). The van der Waals surface area contributed by atoms with E-state index in [2.05, 4.69) is 9.97 Å². The minimum Gasteiger partial charge on any atom is -0.491 e. The number of anilines is 1. The lowest BCUT2D eigenvalue weighted by Gasteiger charge is -2.06. The summed E-state index contributed by atoms with van der Waals surface area (Å²) in [7, 11) is 0. The zero-order chi connectivity index (χ0) is 14.0. The number of rotatable bonds is 4. The topological polar surface area (TPSA) is 101 Å². The number of H-pyrrole nitrogens is 1. The maximum atomic E-state index is 13.7. The van der Waals surface area contributed by atoms with Gasteiger partial charge in [0.1, 0.15) is 5.69 Å². The number of halogens is 1. The molecule has 0 aliphatic heterocycles. The second kappa shape index (κ2) is 4.97. The number of aromatic carboxylic acids is 1. The molecule has 4 N–H and O–H groups in total. The maximum Gasteiger partial charge on any atom is 0.354 e. The number of ether oxygens (including phenoxy) is 1.